The molecule has 0 spiro atoms. The van der Waals surface area contributed by atoms with Crippen molar-refractivity contribution in [3.63, 3.8) is 0 Å². The second-order valence-electron chi connectivity index (χ2n) is 2.76. The largest absolute Gasteiger partial charge is 0.478 e. The molecule has 0 saturated heterocycles. The number of rotatable bonds is 2. The minimum atomic E-state index is -1.90. The van der Waals surface area contributed by atoms with Crippen molar-refractivity contribution in [2.24, 2.45) is 0 Å². The number of aromatic carboxylic acids is 1. The van der Waals surface area contributed by atoms with Gasteiger partial charge in [-0.3, -0.25) is 4.79 Å². The monoisotopic (exact) mass is 234 g/mol. The van der Waals surface area contributed by atoms with Crippen LogP contribution < -0.4 is 4.74 Å². The first kappa shape index (κ1) is 12.0. The van der Waals surface area contributed by atoms with E-state index in [9.17, 15) is 22.8 Å². The van der Waals surface area contributed by atoms with Gasteiger partial charge in [-0.1, -0.05) is 0 Å². The third-order valence-electron chi connectivity index (χ3n) is 1.59. The molecule has 0 aliphatic heterocycles. The quantitative estimate of drug-likeness (QED) is 0.480. The zero-order valence-electron chi connectivity index (χ0n) is 7.88. The number of carbonyl (C=O) groups is 2. The second-order valence-corrected chi connectivity index (χ2v) is 2.76. The van der Waals surface area contributed by atoms with Gasteiger partial charge in [0, 0.05) is 6.92 Å². The van der Waals surface area contributed by atoms with E-state index in [0.29, 0.717) is 0 Å². The van der Waals surface area contributed by atoms with Crippen molar-refractivity contribution in [2.45, 2.75) is 6.92 Å². The molecule has 0 aliphatic carbocycles. The van der Waals surface area contributed by atoms with E-state index in [1.807, 2.05) is 0 Å². The summed E-state index contributed by atoms with van der Waals surface area (Å²) < 4.78 is 42.7. The first-order valence-corrected chi connectivity index (χ1v) is 3.93. The fraction of sp³-hybridized carbons (Fsp3) is 0.111. The van der Waals surface area contributed by atoms with Crippen molar-refractivity contribution in [1.82, 2.24) is 0 Å². The van der Waals surface area contributed by atoms with Gasteiger partial charge in [0.25, 0.3) is 0 Å². The third-order valence-corrected chi connectivity index (χ3v) is 1.59. The van der Waals surface area contributed by atoms with E-state index >= 15 is 0 Å². The van der Waals surface area contributed by atoms with E-state index in [-0.39, 0.29) is 6.07 Å². The van der Waals surface area contributed by atoms with Crippen molar-refractivity contribution in [3.05, 3.63) is 29.1 Å². The minimum absolute atomic E-state index is 0.235. The highest BCUT2D eigenvalue weighted by atomic mass is 19.2. The minimum Gasteiger partial charge on any atom is -0.478 e. The topological polar surface area (TPSA) is 63.6 Å². The number of esters is 1. The Labute approximate surface area is 87.3 Å². The molecule has 0 saturated carbocycles. The van der Waals surface area contributed by atoms with Crippen LogP contribution in [-0.2, 0) is 4.79 Å². The van der Waals surface area contributed by atoms with Gasteiger partial charge in [0.15, 0.2) is 17.4 Å². The van der Waals surface area contributed by atoms with Gasteiger partial charge in [0.2, 0.25) is 5.82 Å². The molecule has 0 bridgehead atoms. The van der Waals surface area contributed by atoms with Gasteiger partial charge in [0.1, 0.15) is 5.56 Å². The van der Waals surface area contributed by atoms with Gasteiger partial charge in [0.05, 0.1) is 0 Å². The fourth-order valence-electron chi connectivity index (χ4n) is 0.981. The van der Waals surface area contributed by atoms with Gasteiger partial charge in [-0.25, -0.2) is 13.6 Å². The molecule has 0 aliphatic rings. The third kappa shape index (κ3) is 2.13. The number of ether oxygens (including phenoxy) is 1. The highest BCUT2D eigenvalue weighted by Gasteiger charge is 2.24. The zero-order chi connectivity index (χ0) is 12.5. The Morgan fingerprint density at radius 2 is 1.81 bits per heavy atom. The predicted octanol–water partition coefficient (Wildman–Crippen LogP) is 1.73. The molecular weight excluding hydrogens is 229 g/mol. The zero-order valence-corrected chi connectivity index (χ0v) is 7.88. The summed E-state index contributed by atoms with van der Waals surface area (Å²) in [6.45, 7) is 0.867. The van der Waals surface area contributed by atoms with Crippen molar-refractivity contribution in [3.8, 4) is 5.75 Å². The molecular formula is C9H5F3O4. The van der Waals surface area contributed by atoms with E-state index in [4.69, 9.17) is 5.11 Å². The predicted molar refractivity (Wildman–Crippen MR) is 44.6 cm³/mol. The molecule has 0 fully saturated rings. The Bertz CT molecular complexity index is 470. The van der Waals surface area contributed by atoms with Crippen LogP contribution in [0, 0.1) is 17.5 Å². The molecule has 0 heterocycles. The summed E-state index contributed by atoms with van der Waals surface area (Å²) in [4.78, 5) is 21.1. The summed E-state index contributed by atoms with van der Waals surface area (Å²) in [5, 5.41) is 8.57. The van der Waals surface area contributed by atoms with Crippen molar-refractivity contribution < 1.29 is 32.6 Å². The molecule has 16 heavy (non-hydrogen) atoms. The molecule has 0 aromatic heterocycles. The van der Waals surface area contributed by atoms with Crippen LogP contribution >= 0.6 is 0 Å². The standard InChI is InChI=1S/C9H5F3O4/c1-3(13)16-8-4(9(14)15)2-5(10)6(11)7(8)12/h2H,1H3,(H,14,15). The molecule has 1 aromatic carbocycles. The molecule has 0 atom stereocenters. The van der Waals surface area contributed by atoms with Crippen LogP contribution in [-0.4, -0.2) is 17.0 Å². The van der Waals surface area contributed by atoms with Crippen molar-refractivity contribution >= 4 is 11.9 Å². The molecule has 86 valence electrons. The normalized spacial score (nSPS) is 10.0. The van der Waals surface area contributed by atoms with Crippen LogP contribution in [0.5, 0.6) is 5.75 Å². The van der Waals surface area contributed by atoms with Gasteiger partial charge in [-0.05, 0) is 6.07 Å². The van der Waals surface area contributed by atoms with Crippen LogP contribution in [0.2, 0.25) is 0 Å². The Balaban J connectivity index is 3.47. The Kier molecular flexibility index (Phi) is 3.17. The molecule has 4 nitrogen and oxygen atoms in total. The fourth-order valence-corrected chi connectivity index (χ4v) is 0.981. The molecule has 7 heteroatoms. The summed E-state index contributed by atoms with van der Waals surface area (Å²) in [5.74, 6) is -9.36. The van der Waals surface area contributed by atoms with E-state index < -0.39 is 40.7 Å². The van der Waals surface area contributed by atoms with Crippen molar-refractivity contribution in [2.75, 3.05) is 0 Å². The van der Waals surface area contributed by atoms with Crippen LogP contribution in [0.4, 0.5) is 13.2 Å². The summed E-state index contributed by atoms with van der Waals surface area (Å²) in [5.41, 5.74) is -0.966. The molecule has 1 rings (SSSR count). The van der Waals surface area contributed by atoms with E-state index in [1.165, 1.54) is 0 Å². The maximum absolute atomic E-state index is 13.1. The lowest BCUT2D eigenvalue weighted by Crippen LogP contribution is -2.11. The summed E-state index contributed by atoms with van der Waals surface area (Å²) in [7, 11) is 0. The molecule has 0 unspecified atom stereocenters. The first-order valence-electron chi connectivity index (χ1n) is 3.93. The number of carboxylic acids is 1. The van der Waals surface area contributed by atoms with Gasteiger partial charge >= 0.3 is 11.9 Å². The van der Waals surface area contributed by atoms with Gasteiger partial charge in [-0.15, -0.1) is 0 Å². The molecule has 0 radical (unpaired) electrons. The number of carbonyl (C=O) groups excluding carboxylic acids is 1. The number of halogens is 3. The smallest absolute Gasteiger partial charge is 0.339 e. The lowest BCUT2D eigenvalue weighted by atomic mass is 10.2. The second kappa shape index (κ2) is 4.21. The Hall–Kier alpha value is -2.05. The maximum atomic E-state index is 13.1. The summed E-state index contributed by atoms with van der Waals surface area (Å²) in [6.07, 6.45) is 0. The molecule has 1 N–H and O–H groups in total. The van der Waals surface area contributed by atoms with Gasteiger partial charge < -0.3 is 9.84 Å². The van der Waals surface area contributed by atoms with Crippen molar-refractivity contribution in [1.29, 1.82) is 0 Å². The first-order chi connectivity index (χ1) is 7.34. The number of benzene rings is 1. The molecule has 0 amide bonds. The Morgan fingerprint density at radius 3 is 2.25 bits per heavy atom. The lowest BCUT2D eigenvalue weighted by Gasteiger charge is -2.07. The number of hydrogen-bond acceptors (Lipinski definition) is 3. The highest BCUT2D eigenvalue weighted by molar-refractivity contribution is 5.92. The van der Waals surface area contributed by atoms with Crippen LogP contribution in [0.1, 0.15) is 17.3 Å². The maximum Gasteiger partial charge on any atom is 0.339 e. The lowest BCUT2D eigenvalue weighted by molar-refractivity contribution is -0.132. The molecule has 1 aromatic rings. The Morgan fingerprint density at radius 1 is 1.25 bits per heavy atom. The van der Waals surface area contributed by atoms with E-state index in [0.717, 1.165) is 6.92 Å². The SMILES string of the molecule is CC(=O)Oc1c(C(=O)O)cc(F)c(F)c1F. The average Bonchev–Trinajstić information content (AvgIpc) is 2.17. The highest BCUT2D eigenvalue weighted by Crippen LogP contribution is 2.27. The van der Waals surface area contributed by atoms with Crippen LogP contribution in [0.25, 0.3) is 0 Å². The van der Waals surface area contributed by atoms with E-state index in [1.54, 1.807) is 0 Å². The number of hydrogen-bond donors (Lipinski definition) is 1. The van der Waals surface area contributed by atoms with Crippen LogP contribution in [0.3, 0.4) is 0 Å². The van der Waals surface area contributed by atoms with Crippen LogP contribution in [0.15, 0.2) is 6.07 Å². The van der Waals surface area contributed by atoms with E-state index in [2.05, 4.69) is 4.74 Å². The number of carboxylic acid groups (broad SMARTS) is 1. The summed E-state index contributed by atoms with van der Waals surface area (Å²) in [6, 6.07) is 0.235. The van der Waals surface area contributed by atoms with Gasteiger partial charge in [-0.2, -0.15) is 4.39 Å². The average molecular weight is 234 g/mol. The summed E-state index contributed by atoms with van der Waals surface area (Å²) >= 11 is 0.